The Bertz CT molecular complexity index is 72.1. The zero-order valence-corrected chi connectivity index (χ0v) is 5.49. The first-order valence-electron chi connectivity index (χ1n) is 3.17. The second-order valence-corrected chi connectivity index (χ2v) is 3.30. The SMILES string of the molecule is CCC1CC1(C)C. The lowest BCUT2D eigenvalue weighted by atomic mass is 10.1. The van der Waals surface area contributed by atoms with Gasteiger partial charge in [-0.05, 0) is 17.8 Å². The smallest absolute Gasteiger partial charge is 0.0323 e. The lowest BCUT2D eigenvalue weighted by Gasteiger charge is -1.95. The maximum Gasteiger partial charge on any atom is -0.0323 e. The van der Waals surface area contributed by atoms with Crippen LogP contribution in [0.2, 0.25) is 0 Å². The Balaban J connectivity index is 2.30. The Kier molecular flexibility index (Phi) is 0.911. The average Bonchev–Trinajstić information content (AvgIpc) is 2.13. The van der Waals surface area contributed by atoms with Gasteiger partial charge in [0.25, 0.3) is 0 Å². The third-order valence-electron chi connectivity index (χ3n) is 2.21. The summed E-state index contributed by atoms with van der Waals surface area (Å²) in [6.45, 7) is 6.97. The molecule has 1 aliphatic carbocycles. The highest BCUT2D eigenvalue weighted by atomic mass is 14.5. The third kappa shape index (κ3) is 0.793. The van der Waals surface area contributed by atoms with E-state index in [0.717, 1.165) is 11.3 Å². The second-order valence-electron chi connectivity index (χ2n) is 3.30. The van der Waals surface area contributed by atoms with Crippen LogP contribution in [0.3, 0.4) is 0 Å². The highest BCUT2D eigenvalue weighted by molar-refractivity contribution is 4.93. The van der Waals surface area contributed by atoms with Gasteiger partial charge in [0.05, 0.1) is 0 Å². The summed E-state index contributed by atoms with van der Waals surface area (Å²) in [6, 6.07) is 0. The molecule has 1 unspecified atom stereocenters. The fraction of sp³-hybridized carbons (Fsp3) is 1.00. The predicted octanol–water partition coefficient (Wildman–Crippen LogP) is 2.44. The van der Waals surface area contributed by atoms with Crippen molar-refractivity contribution >= 4 is 0 Å². The topological polar surface area (TPSA) is 0 Å². The highest BCUT2D eigenvalue weighted by Crippen LogP contribution is 2.53. The molecular weight excluding hydrogens is 84.1 g/mol. The first kappa shape index (κ1) is 5.14. The van der Waals surface area contributed by atoms with E-state index in [9.17, 15) is 0 Å². The van der Waals surface area contributed by atoms with Crippen molar-refractivity contribution < 1.29 is 0 Å². The third-order valence-corrected chi connectivity index (χ3v) is 2.21. The summed E-state index contributed by atoms with van der Waals surface area (Å²) in [5.41, 5.74) is 0.717. The van der Waals surface area contributed by atoms with Crippen LogP contribution in [0.4, 0.5) is 0 Å². The molecule has 0 aromatic heterocycles. The molecule has 0 bridgehead atoms. The van der Waals surface area contributed by atoms with Gasteiger partial charge < -0.3 is 0 Å². The Hall–Kier alpha value is 0. The maximum absolute atomic E-state index is 2.35. The van der Waals surface area contributed by atoms with Crippen LogP contribution in [-0.4, -0.2) is 0 Å². The minimum absolute atomic E-state index is 0.717. The minimum Gasteiger partial charge on any atom is -0.0651 e. The molecule has 0 nitrogen and oxygen atoms in total. The molecule has 0 aromatic rings. The van der Waals surface area contributed by atoms with Gasteiger partial charge in [0.15, 0.2) is 0 Å². The van der Waals surface area contributed by atoms with Gasteiger partial charge in [0.2, 0.25) is 0 Å². The zero-order valence-electron chi connectivity index (χ0n) is 5.49. The molecule has 1 aliphatic rings. The molecule has 0 N–H and O–H groups in total. The van der Waals surface area contributed by atoms with E-state index in [-0.39, 0.29) is 0 Å². The average molecular weight is 98.2 g/mol. The van der Waals surface area contributed by atoms with Crippen LogP contribution in [0, 0.1) is 11.3 Å². The van der Waals surface area contributed by atoms with Crippen LogP contribution >= 0.6 is 0 Å². The molecule has 1 atom stereocenters. The standard InChI is InChI=1S/C7H14/c1-4-6-5-7(6,2)3/h6H,4-5H2,1-3H3. The van der Waals surface area contributed by atoms with Gasteiger partial charge >= 0.3 is 0 Å². The first-order valence-corrected chi connectivity index (χ1v) is 3.17. The summed E-state index contributed by atoms with van der Waals surface area (Å²) in [6.07, 6.45) is 2.84. The summed E-state index contributed by atoms with van der Waals surface area (Å²) < 4.78 is 0. The summed E-state index contributed by atoms with van der Waals surface area (Å²) >= 11 is 0. The van der Waals surface area contributed by atoms with E-state index in [1.54, 1.807) is 0 Å². The highest BCUT2D eigenvalue weighted by Gasteiger charge is 2.43. The molecule has 0 aromatic carbocycles. The van der Waals surface area contributed by atoms with E-state index in [4.69, 9.17) is 0 Å². The van der Waals surface area contributed by atoms with Crippen LogP contribution in [0.1, 0.15) is 33.6 Å². The minimum atomic E-state index is 0.717. The van der Waals surface area contributed by atoms with Crippen LogP contribution in [-0.2, 0) is 0 Å². The van der Waals surface area contributed by atoms with Crippen molar-refractivity contribution in [2.24, 2.45) is 11.3 Å². The molecule has 0 amide bonds. The van der Waals surface area contributed by atoms with Gasteiger partial charge in [-0.3, -0.25) is 0 Å². The molecule has 7 heavy (non-hydrogen) atoms. The lowest BCUT2D eigenvalue weighted by Crippen LogP contribution is -1.86. The first-order chi connectivity index (χ1) is 3.17. The van der Waals surface area contributed by atoms with Crippen LogP contribution in [0.15, 0.2) is 0 Å². The predicted molar refractivity (Wildman–Crippen MR) is 32.2 cm³/mol. The molecule has 0 saturated heterocycles. The Morgan fingerprint density at radius 2 is 2.00 bits per heavy atom. The fourth-order valence-electron chi connectivity index (χ4n) is 1.27. The summed E-state index contributed by atoms with van der Waals surface area (Å²) in [5.74, 6) is 1.05. The van der Waals surface area contributed by atoms with Crippen molar-refractivity contribution in [1.29, 1.82) is 0 Å². The summed E-state index contributed by atoms with van der Waals surface area (Å²) in [5, 5.41) is 0. The van der Waals surface area contributed by atoms with E-state index in [2.05, 4.69) is 20.8 Å². The van der Waals surface area contributed by atoms with Crippen LogP contribution < -0.4 is 0 Å². The number of hydrogen-bond acceptors (Lipinski definition) is 0. The number of hydrogen-bond donors (Lipinski definition) is 0. The Morgan fingerprint density at radius 3 is 2.00 bits per heavy atom. The van der Waals surface area contributed by atoms with Crippen LogP contribution in [0.5, 0.6) is 0 Å². The van der Waals surface area contributed by atoms with Gasteiger partial charge in [-0.15, -0.1) is 0 Å². The van der Waals surface area contributed by atoms with Gasteiger partial charge in [-0.1, -0.05) is 27.2 Å². The summed E-state index contributed by atoms with van der Waals surface area (Å²) in [7, 11) is 0. The van der Waals surface area contributed by atoms with E-state index in [1.807, 2.05) is 0 Å². The second kappa shape index (κ2) is 1.24. The summed E-state index contributed by atoms with van der Waals surface area (Å²) in [4.78, 5) is 0. The van der Waals surface area contributed by atoms with E-state index < -0.39 is 0 Å². The zero-order chi connectivity index (χ0) is 5.49. The van der Waals surface area contributed by atoms with Crippen LogP contribution in [0.25, 0.3) is 0 Å². The van der Waals surface area contributed by atoms with E-state index in [0.29, 0.717) is 0 Å². The van der Waals surface area contributed by atoms with Gasteiger partial charge in [-0.2, -0.15) is 0 Å². The van der Waals surface area contributed by atoms with E-state index in [1.165, 1.54) is 12.8 Å². The molecule has 0 heteroatoms. The molecule has 0 radical (unpaired) electrons. The number of rotatable bonds is 1. The Morgan fingerprint density at radius 1 is 1.57 bits per heavy atom. The van der Waals surface area contributed by atoms with Gasteiger partial charge in [-0.25, -0.2) is 0 Å². The molecule has 1 saturated carbocycles. The quantitative estimate of drug-likeness (QED) is 0.472. The molecule has 0 aliphatic heterocycles. The van der Waals surface area contributed by atoms with Crippen molar-refractivity contribution in [3.8, 4) is 0 Å². The van der Waals surface area contributed by atoms with Crippen molar-refractivity contribution in [2.45, 2.75) is 33.6 Å². The van der Waals surface area contributed by atoms with Gasteiger partial charge in [0, 0.05) is 0 Å². The monoisotopic (exact) mass is 98.1 g/mol. The largest absolute Gasteiger partial charge is 0.0651 e. The maximum atomic E-state index is 2.35. The normalized spacial score (nSPS) is 35.6. The van der Waals surface area contributed by atoms with Crippen molar-refractivity contribution in [2.75, 3.05) is 0 Å². The van der Waals surface area contributed by atoms with E-state index >= 15 is 0 Å². The molecule has 1 rings (SSSR count). The van der Waals surface area contributed by atoms with Gasteiger partial charge in [0.1, 0.15) is 0 Å². The molecular formula is C7H14. The molecule has 42 valence electrons. The molecule has 1 fully saturated rings. The molecule has 0 heterocycles. The lowest BCUT2D eigenvalue weighted by molar-refractivity contribution is 0.549. The van der Waals surface area contributed by atoms with Crippen molar-refractivity contribution in [1.82, 2.24) is 0 Å². The van der Waals surface area contributed by atoms with Crippen molar-refractivity contribution in [3.05, 3.63) is 0 Å². The fourth-order valence-corrected chi connectivity index (χ4v) is 1.27. The van der Waals surface area contributed by atoms with Crippen molar-refractivity contribution in [3.63, 3.8) is 0 Å². The molecule has 0 spiro atoms. The Labute approximate surface area is 45.9 Å².